The van der Waals surface area contributed by atoms with Gasteiger partial charge in [-0.1, -0.05) is 20.8 Å². The molecule has 0 saturated heterocycles. The van der Waals surface area contributed by atoms with Gasteiger partial charge in [0.2, 0.25) is 17.2 Å². The molecule has 2 N–H and O–H groups in total. The Labute approximate surface area is 120 Å². The highest BCUT2D eigenvalue weighted by Crippen LogP contribution is 2.09. The molecule has 1 aromatic rings. The molecule has 6 nitrogen and oxygen atoms in total. The van der Waals surface area contributed by atoms with Crippen molar-refractivity contribution < 1.29 is 0 Å². The van der Waals surface area contributed by atoms with Gasteiger partial charge in [-0.3, -0.25) is 0 Å². The van der Waals surface area contributed by atoms with Crippen LogP contribution in [0.5, 0.6) is 0 Å². The summed E-state index contributed by atoms with van der Waals surface area (Å²) in [5, 5.41) is 6.48. The fourth-order valence-corrected chi connectivity index (χ4v) is 1.77. The van der Waals surface area contributed by atoms with Crippen LogP contribution < -0.4 is 10.6 Å². The highest BCUT2D eigenvalue weighted by Gasteiger charge is 2.05. The molecule has 0 spiro atoms. The molecule has 0 aliphatic heterocycles. The van der Waals surface area contributed by atoms with E-state index in [1.807, 2.05) is 0 Å². The van der Waals surface area contributed by atoms with Gasteiger partial charge in [-0.15, -0.1) is 0 Å². The summed E-state index contributed by atoms with van der Waals surface area (Å²) in [6.07, 6.45) is 1.01. The van der Waals surface area contributed by atoms with Crippen molar-refractivity contribution in [2.75, 3.05) is 43.4 Å². The van der Waals surface area contributed by atoms with Gasteiger partial charge in [0.1, 0.15) is 0 Å². The van der Waals surface area contributed by atoms with Crippen molar-refractivity contribution in [2.45, 2.75) is 27.2 Å². The second-order valence-corrected chi connectivity index (χ2v) is 4.47. The number of aromatic nitrogens is 3. The number of rotatable bonds is 9. The highest BCUT2D eigenvalue weighted by atomic mass is 35.5. The minimum Gasteiger partial charge on any atom is -0.354 e. The first kappa shape index (κ1) is 15.9. The van der Waals surface area contributed by atoms with E-state index in [-0.39, 0.29) is 5.28 Å². The Morgan fingerprint density at radius 2 is 1.53 bits per heavy atom. The Morgan fingerprint density at radius 3 is 2.05 bits per heavy atom. The number of anilines is 2. The van der Waals surface area contributed by atoms with Gasteiger partial charge in [0.25, 0.3) is 0 Å². The molecule has 0 aliphatic rings. The molecule has 108 valence electrons. The number of hydrogen-bond donors (Lipinski definition) is 2. The average molecular weight is 287 g/mol. The van der Waals surface area contributed by atoms with Crippen LogP contribution in [0.2, 0.25) is 5.28 Å². The van der Waals surface area contributed by atoms with Crippen LogP contribution in [-0.2, 0) is 0 Å². The largest absolute Gasteiger partial charge is 0.354 e. The van der Waals surface area contributed by atoms with Crippen LogP contribution in [0.1, 0.15) is 27.2 Å². The minimum atomic E-state index is 0.207. The normalized spacial score (nSPS) is 10.8. The fraction of sp³-hybridized carbons (Fsp3) is 0.750. The van der Waals surface area contributed by atoms with E-state index in [0.717, 1.165) is 39.1 Å². The third-order valence-electron chi connectivity index (χ3n) is 2.75. The molecule has 0 saturated carbocycles. The van der Waals surface area contributed by atoms with Crippen LogP contribution in [0.15, 0.2) is 0 Å². The summed E-state index contributed by atoms with van der Waals surface area (Å²) in [6, 6.07) is 0. The molecule has 0 amide bonds. The molecule has 1 heterocycles. The Kier molecular flexibility index (Phi) is 7.43. The maximum atomic E-state index is 5.87. The summed E-state index contributed by atoms with van der Waals surface area (Å²) in [5.41, 5.74) is 0. The third kappa shape index (κ3) is 6.02. The van der Waals surface area contributed by atoms with E-state index in [9.17, 15) is 0 Å². The maximum absolute atomic E-state index is 5.87. The number of nitrogens with zero attached hydrogens (tertiary/aromatic N) is 4. The molecular weight excluding hydrogens is 264 g/mol. The summed E-state index contributed by atoms with van der Waals surface area (Å²) in [7, 11) is 0. The molecule has 0 unspecified atom stereocenters. The zero-order valence-corrected chi connectivity index (χ0v) is 12.7. The standard InChI is InChI=1S/C12H23ClN6/c1-4-7-14-11-16-10(13)17-12(18-11)15-8-9-19(5-2)6-3/h4-9H2,1-3H3,(H2,14,15,16,17,18). The van der Waals surface area contributed by atoms with Crippen LogP contribution in [0, 0.1) is 0 Å². The maximum Gasteiger partial charge on any atom is 0.228 e. The van der Waals surface area contributed by atoms with Gasteiger partial charge < -0.3 is 15.5 Å². The molecule has 0 bridgehead atoms. The second kappa shape index (κ2) is 8.87. The topological polar surface area (TPSA) is 66.0 Å². The first-order valence-electron chi connectivity index (χ1n) is 6.81. The molecule has 0 atom stereocenters. The highest BCUT2D eigenvalue weighted by molar-refractivity contribution is 6.28. The predicted molar refractivity (Wildman–Crippen MR) is 79.9 cm³/mol. The van der Waals surface area contributed by atoms with Crippen molar-refractivity contribution in [3.05, 3.63) is 5.28 Å². The molecule has 7 heteroatoms. The zero-order valence-electron chi connectivity index (χ0n) is 11.9. The summed E-state index contributed by atoms with van der Waals surface area (Å²) in [5.74, 6) is 1.04. The summed E-state index contributed by atoms with van der Waals surface area (Å²) in [4.78, 5) is 14.7. The minimum absolute atomic E-state index is 0.207. The first-order chi connectivity index (χ1) is 9.19. The van der Waals surface area contributed by atoms with Crippen LogP contribution >= 0.6 is 11.6 Å². The Bertz CT molecular complexity index is 369. The first-order valence-corrected chi connectivity index (χ1v) is 7.19. The van der Waals surface area contributed by atoms with Crippen LogP contribution in [-0.4, -0.2) is 52.6 Å². The van der Waals surface area contributed by atoms with Crippen LogP contribution in [0.4, 0.5) is 11.9 Å². The average Bonchev–Trinajstić information content (AvgIpc) is 2.41. The smallest absolute Gasteiger partial charge is 0.228 e. The zero-order chi connectivity index (χ0) is 14.1. The molecule has 1 aromatic heterocycles. The van der Waals surface area contributed by atoms with E-state index in [2.05, 4.69) is 51.3 Å². The van der Waals surface area contributed by atoms with Crippen LogP contribution in [0.25, 0.3) is 0 Å². The van der Waals surface area contributed by atoms with Gasteiger partial charge in [0, 0.05) is 19.6 Å². The second-order valence-electron chi connectivity index (χ2n) is 4.13. The summed E-state index contributed by atoms with van der Waals surface area (Å²) in [6.45, 7) is 11.0. The van der Waals surface area contributed by atoms with Gasteiger partial charge in [0.15, 0.2) is 0 Å². The lowest BCUT2D eigenvalue weighted by Crippen LogP contribution is -2.29. The number of likely N-dealkylation sites (N-methyl/N-ethyl adjacent to an activating group) is 1. The van der Waals surface area contributed by atoms with E-state index in [1.54, 1.807) is 0 Å². The van der Waals surface area contributed by atoms with E-state index in [4.69, 9.17) is 11.6 Å². The van der Waals surface area contributed by atoms with Gasteiger partial charge in [-0.2, -0.15) is 15.0 Å². The molecule has 0 fully saturated rings. The van der Waals surface area contributed by atoms with E-state index >= 15 is 0 Å². The molecule has 0 radical (unpaired) electrons. The van der Waals surface area contributed by atoms with Crippen molar-refractivity contribution in [2.24, 2.45) is 0 Å². The van der Waals surface area contributed by atoms with Gasteiger partial charge in [-0.05, 0) is 31.1 Å². The molecular formula is C12H23ClN6. The fourth-order valence-electron chi connectivity index (χ4n) is 1.61. The Balaban J connectivity index is 2.50. The third-order valence-corrected chi connectivity index (χ3v) is 2.92. The summed E-state index contributed by atoms with van der Waals surface area (Å²) < 4.78 is 0. The number of halogens is 1. The lowest BCUT2D eigenvalue weighted by Gasteiger charge is -2.18. The Morgan fingerprint density at radius 1 is 0.947 bits per heavy atom. The summed E-state index contributed by atoms with van der Waals surface area (Å²) >= 11 is 5.87. The lowest BCUT2D eigenvalue weighted by atomic mass is 10.4. The van der Waals surface area contributed by atoms with Crippen LogP contribution in [0.3, 0.4) is 0 Å². The van der Waals surface area contributed by atoms with E-state index in [1.165, 1.54) is 0 Å². The predicted octanol–water partition coefficient (Wildman–Crippen LogP) is 2.10. The number of hydrogen-bond acceptors (Lipinski definition) is 6. The van der Waals surface area contributed by atoms with Crippen molar-refractivity contribution in [1.29, 1.82) is 0 Å². The number of nitrogens with one attached hydrogen (secondary N) is 2. The van der Waals surface area contributed by atoms with Gasteiger partial charge >= 0.3 is 0 Å². The quantitative estimate of drug-likeness (QED) is 0.725. The van der Waals surface area contributed by atoms with Crippen molar-refractivity contribution in [3.8, 4) is 0 Å². The van der Waals surface area contributed by atoms with Gasteiger partial charge in [-0.25, -0.2) is 0 Å². The Hall–Kier alpha value is -1.14. The molecule has 19 heavy (non-hydrogen) atoms. The SMILES string of the molecule is CCCNc1nc(Cl)nc(NCCN(CC)CC)n1. The lowest BCUT2D eigenvalue weighted by molar-refractivity contribution is 0.316. The van der Waals surface area contributed by atoms with Crippen molar-refractivity contribution in [3.63, 3.8) is 0 Å². The monoisotopic (exact) mass is 286 g/mol. The van der Waals surface area contributed by atoms with Gasteiger partial charge in [0.05, 0.1) is 0 Å². The van der Waals surface area contributed by atoms with Crippen molar-refractivity contribution in [1.82, 2.24) is 19.9 Å². The van der Waals surface area contributed by atoms with E-state index in [0.29, 0.717) is 11.9 Å². The van der Waals surface area contributed by atoms with Crippen molar-refractivity contribution >= 4 is 23.5 Å². The van der Waals surface area contributed by atoms with E-state index < -0.39 is 0 Å². The molecule has 0 aromatic carbocycles. The molecule has 1 rings (SSSR count). The molecule has 0 aliphatic carbocycles.